The van der Waals surface area contributed by atoms with Crippen molar-refractivity contribution >= 4 is 130 Å². The van der Waals surface area contributed by atoms with E-state index in [1.54, 1.807) is 13.8 Å². The summed E-state index contributed by atoms with van der Waals surface area (Å²) >= 11 is 1.43. The Hall–Kier alpha value is -12.0. The summed E-state index contributed by atoms with van der Waals surface area (Å²) in [6.45, 7) is 4.61. The molecule has 0 spiro atoms. The van der Waals surface area contributed by atoms with Crippen molar-refractivity contribution in [3.63, 3.8) is 0 Å². The Morgan fingerprint density at radius 3 is 0.649 bits per heavy atom. The van der Waals surface area contributed by atoms with Crippen molar-refractivity contribution in [1.82, 2.24) is 106 Å². The van der Waals surface area contributed by atoms with Crippen LogP contribution in [0.15, 0.2) is 0 Å². The van der Waals surface area contributed by atoms with Gasteiger partial charge in [-0.25, -0.2) is 0 Å². The van der Waals surface area contributed by atoms with Crippen LogP contribution >= 0.6 is 11.8 Å². The second kappa shape index (κ2) is 58.8. The highest BCUT2D eigenvalue weighted by Crippen LogP contribution is 2.12. The third-order valence-corrected chi connectivity index (χ3v) is 17.4. The van der Waals surface area contributed by atoms with Crippen LogP contribution in [-0.4, -0.2) is 256 Å². The van der Waals surface area contributed by atoms with Gasteiger partial charge in [-0.2, -0.15) is 11.8 Å². The molecular weight excluding hydrogens is 1510 g/mol. The lowest BCUT2D eigenvalue weighted by Crippen LogP contribution is -2.60. The number of hydrogen-bond acceptors (Lipinski definition) is 21. The van der Waals surface area contributed by atoms with E-state index in [0.29, 0.717) is 25.1 Å². The molecule has 11 amide bonds. The first-order chi connectivity index (χ1) is 53.8. The van der Waals surface area contributed by atoms with Gasteiger partial charge in [0.05, 0.1) is 6.54 Å². The number of nitrogens with one attached hydrogen (secondary N) is 29. The quantitative estimate of drug-likeness (QED) is 0.0153. The van der Waals surface area contributed by atoms with E-state index in [2.05, 4.69) is 106 Å². The molecule has 11 atom stereocenters. The first kappa shape index (κ1) is 102. The van der Waals surface area contributed by atoms with Crippen LogP contribution in [0, 0.1) is 54.6 Å². The van der Waals surface area contributed by atoms with E-state index in [1.807, 2.05) is 6.26 Å². The largest absolute Gasteiger partial charge is 0.370 e. The van der Waals surface area contributed by atoms with E-state index in [-0.39, 0.29) is 167 Å². The average molecular weight is 1640 g/mol. The number of hydrogen-bond donors (Lipinski definition) is 38. The summed E-state index contributed by atoms with van der Waals surface area (Å²) in [5.74, 6) is -12.8. The van der Waals surface area contributed by atoms with Gasteiger partial charge in [-0.1, -0.05) is 6.92 Å². The van der Waals surface area contributed by atoms with Crippen LogP contribution in [0.25, 0.3) is 0 Å². The summed E-state index contributed by atoms with van der Waals surface area (Å²) in [5, 5.41) is 122. The number of rotatable bonds is 60. The third kappa shape index (κ3) is 50.7. The van der Waals surface area contributed by atoms with E-state index >= 15 is 0 Å². The van der Waals surface area contributed by atoms with Gasteiger partial charge in [0.15, 0.2) is 53.6 Å². The number of guanidine groups is 9. The second-order valence-electron chi connectivity index (χ2n) is 26.6. The molecule has 0 aliphatic heterocycles. The standard InChI is InChI=1S/C64H128N38O11S/c1-34(33-114-4)46(104)94-36(3)47(105)92-32-45(103)95-37(15-6-24-84-57(67)68)49(107)97-39(17-8-26-86-59(71)72)51(109)99-41(19-10-28-88-61(75)76)53(111)101-43(21-12-30-90-63(79)80)55(113)102-44(22-13-31-91-64(81)82)54(112)100-42(20-11-29-89-62(77)78)52(110)98-40(18-9-27-87-60(73)74)50(108)96-38(16-7-25-85-58(69)70)48(106)93-35(2)14-5-23-83-56(65)66/h34-44H,5-33H2,1-4H3,(H,92,105)(H,93,106)(H,94,104)(H,95,103)(H,96,108)(H,97,107)(H,98,110)(H,99,109)(H,100,112)(H,101,111)(H,102,113)(H4,65,66,83)(H4,67,68,84)(H4,69,70,85)(H4,71,72,86)(H4,73,74,87)(H4,75,76,88)(H4,77,78,89)(H4,79,80,90)(H4,81,82,91)/t34-,35-,36-,37+,38+,39+,40+,41+,42+,43+,44+/m0/s1. The van der Waals surface area contributed by atoms with Crippen molar-refractivity contribution in [3.05, 3.63) is 0 Å². The Morgan fingerprint density at radius 1 is 0.254 bits per heavy atom. The van der Waals surface area contributed by atoms with E-state index < -0.39 is 180 Å². The normalized spacial score (nSPS) is 13.5. The van der Waals surface area contributed by atoms with Crippen molar-refractivity contribution in [3.8, 4) is 0 Å². The number of thioether (sulfide) groups is 1. The van der Waals surface area contributed by atoms with E-state index in [1.165, 1.54) is 18.7 Å². The van der Waals surface area contributed by atoms with Gasteiger partial charge in [-0.15, -0.1) is 0 Å². The molecule has 0 aliphatic rings. The van der Waals surface area contributed by atoms with Gasteiger partial charge in [0, 0.05) is 76.6 Å². The van der Waals surface area contributed by atoms with Gasteiger partial charge < -0.3 is 158 Å². The van der Waals surface area contributed by atoms with Gasteiger partial charge in [-0.3, -0.25) is 101 Å². The molecule has 0 saturated carbocycles. The molecule has 0 heterocycles. The lowest BCUT2D eigenvalue weighted by atomic mass is 10.0. The van der Waals surface area contributed by atoms with E-state index in [9.17, 15) is 52.7 Å². The second-order valence-corrected chi connectivity index (χ2v) is 27.5. The maximum absolute atomic E-state index is 15.0. The van der Waals surface area contributed by atoms with Gasteiger partial charge in [0.25, 0.3) is 0 Å². The zero-order valence-electron chi connectivity index (χ0n) is 65.5. The Balaban J connectivity index is 7.84. The molecule has 0 saturated heterocycles. The fourth-order valence-corrected chi connectivity index (χ4v) is 11.3. The summed E-state index contributed by atoms with van der Waals surface area (Å²) < 4.78 is 0. The van der Waals surface area contributed by atoms with Crippen molar-refractivity contribution in [2.45, 2.75) is 197 Å². The summed E-state index contributed by atoms with van der Waals surface area (Å²) in [6.07, 6.45) is 1.84. The minimum absolute atomic E-state index is 0.00216. The van der Waals surface area contributed by atoms with E-state index in [0.717, 1.165) is 0 Å². The highest BCUT2D eigenvalue weighted by Gasteiger charge is 2.36. The average Bonchev–Trinajstić information content (AvgIpc) is 0.857. The number of nitrogens with two attached hydrogens (primary N) is 9. The maximum atomic E-state index is 15.0. The molecule has 114 heavy (non-hydrogen) atoms. The maximum Gasteiger partial charge on any atom is 0.243 e. The van der Waals surface area contributed by atoms with Crippen LogP contribution in [0.2, 0.25) is 0 Å². The number of carbonyl (C=O) groups is 11. The van der Waals surface area contributed by atoms with E-state index in [4.69, 9.17) is 100 Å². The Morgan fingerprint density at radius 2 is 0.447 bits per heavy atom. The van der Waals surface area contributed by atoms with Gasteiger partial charge in [-0.05, 0) is 136 Å². The molecule has 50 heteroatoms. The molecule has 0 aromatic heterocycles. The van der Waals surface area contributed by atoms with Crippen LogP contribution in [-0.2, 0) is 52.7 Å². The molecule has 49 nitrogen and oxygen atoms in total. The summed E-state index contributed by atoms with van der Waals surface area (Å²) in [4.78, 5) is 156. The lowest BCUT2D eigenvalue weighted by Gasteiger charge is -2.29. The van der Waals surface area contributed by atoms with Crippen LogP contribution < -0.4 is 158 Å². The monoisotopic (exact) mass is 1640 g/mol. The summed E-state index contributed by atoms with van der Waals surface area (Å²) in [7, 11) is 0. The van der Waals surface area contributed by atoms with Crippen molar-refractivity contribution in [1.29, 1.82) is 48.7 Å². The van der Waals surface area contributed by atoms with Gasteiger partial charge >= 0.3 is 0 Å². The zero-order chi connectivity index (χ0) is 86.3. The molecule has 0 fully saturated rings. The SMILES string of the molecule is CSC[C@H](C)C(=O)N[C@@H](C)C(=O)NCC(=O)N[C@H](CCCNC(=N)N)C(=O)N[C@H](CCCNC(=N)N)C(=O)N[C@H](CCCNC(=N)N)C(=O)N[C@H](CCCNC(=N)N)C(=O)N[C@H](CCCNC(=N)N)C(=O)N[C@H](CCCNC(=N)N)C(=O)N[C@H](CCCNC(=N)N)C(=O)N[C@H](CCCNC(=N)N)C(=O)N[C@@H](C)CCCNC(=N)N. The van der Waals surface area contributed by atoms with Gasteiger partial charge in [0.1, 0.15) is 54.4 Å². The number of carbonyl (C=O) groups excluding carboxylic acids is 11. The highest BCUT2D eigenvalue weighted by molar-refractivity contribution is 7.98. The molecule has 646 valence electrons. The molecule has 0 aromatic rings. The van der Waals surface area contributed by atoms with Crippen LogP contribution in [0.1, 0.15) is 136 Å². The fraction of sp³-hybridized carbons (Fsp3) is 0.688. The number of amides is 11. The first-order valence-electron chi connectivity index (χ1n) is 37.3. The summed E-state index contributed by atoms with van der Waals surface area (Å²) in [5.41, 5.74) is 49.8. The molecule has 0 rings (SSSR count). The highest BCUT2D eigenvalue weighted by atomic mass is 32.2. The topological polar surface area (TPSA) is 877 Å². The smallest absolute Gasteiger partial charge is 0.243 e. The molecule has 47 N–H and O–H groups in total. The molecule has 0 bridgehead atoms. The Labute approximate surface area is 667 Å². The molecule has 0 aliphatic carbocycles. The Bertz CT molecular complexity index is 3190. The van der Waals surface area contributed by atoms with Crippen LogP contribution in [0.4, 0.5) is 0 Å². The first-order valence-corrected chi connectivity index (χ1v) is 38.7. The van der Waals surface area contributed by atoms with Crippen molar-refractivity contribution in [2.24, 2.45) is 57.5 Å². The Kier molecular flexibility index (Phi) is 52.6. The zero-order valence-corrected chi connectivity index (χ0v) is 66.3. The fourth-order valence-electron chi connectivity index (χ4n) is 10.7. The predicted molar refractivity (Wildman–Crippen MR) is 434 cm³/mol. The van der Waals surface area contributed by atoms with Gasteiger partial charge in [0.2, 0.25) is 65.0 Å². The van der Waals surface area contributed by atoms with Crippen molar-refractivity contribution in [2.75, 3.05) is 77.5 Å². The summed E-state index contributed by atoms with van der Waals surface area (Å²) in [6, 6.07) is -13.5. The molecule has 0 aromatic carbocycles. The van der Waals surface area contributed by atoms with Crippen LogP contribution in [0.5, 0.6) is 0 Å². The minimum Gasteiger partial charge on any atom is -0.370 e. The molecular formula is C64H128N38O11S. The third-order valence-electron chi connectivity index (χ3n) is 16.5. The van der Waals surface area contributed by atoms with Crippen molar-refractivity contribution < 1.29 is 52.7 Å². The van der Waals surface area contributed by atoms with Crippen LogP contribution in [0.3, 0.4) is 0 Å². The predicted octanol–water partition coefficient (Wildman–Crippen LogP) is -10.6. The lowest BCUT2D eigenvalue weighted by molar-refractivity contribution is -0.136. The minimum atomic E-state index is -1.61. The molecule has 0 radical (unpaired) electrons. The molecule has 0 unspecified atom stereocenters.